The lowest BCUT2D eigenvalue weighted by molar-refractivity contribution is -0.126. The van der Waals surface area contributed by atoms with E-state index in [0.29, 0.717) is 17.2 Å². The van der Waals surface area contributed by atoms with E-state index in [4.69, 9.17) is 4.52 Å². The van der Waals surface area contributed by atoms with E-state index in [9.17, 15) is 9.18 Å². The zero-order chi connectivity index (χ0) is 25.4. The average molecular weight is 496 g/mol. The Morgan fingerprint density at radius 3 is 2.51 bits per heavy atom. The first-order valence-corrected chi connectivity index (χ1v) is 11.8. The highest BCUT2D eigenvalue weighted by Gasteiger charge is 2.30. The van der Waals surface area contributed by atoms with Crippen molar-refractivity contribution >= 4 is 5.78 Å². The van der Waals surface area contributed by atoms with Gasteiger partial charge in [0, 0.05) is 49.1 Å². The molecule has 1 fully saturated rings. The van der Waals surface area contributed by atoms with E-state index in [-0.39, 0.29) is 23.3 Å². The van der Waals surface area contributed by atoms with E-state index >= 15 is 0 Å². The van der Waals surface area contributed by atoms with E-state index in [1.54, 1.807) is 49.6 Å². The lowest BCUT2D eigenvalue weighted by Gasteiger charge is -2.37. The smallest absolute Gasteiger partial charge is 0.281 e. The van der Waals surface area contributed by atoms with Crippen LogP contribution in [0, 0.1) is 11.7 Å². The van der Waals surface area contributed by atoms with Crippen LogP contribution in [0.3, 0.4) is 0 Å². The number of carbonyl (C=O) groups is 1. The maximum atomic E-state index is 14.6. The molecule has 0 spiro atoms. The summed E-state index contributed by atoms with van der Waals surface area (Å²) < 4.78 is 21.6. The molecular formula is C27H22FN7O2. The normalized spacial score (nSPS) is 14.0. The van der Waals surface area contributed by atoms with Crippen LogP contribution < -0.4 is 0 Å². The number of aromatic nitrogens is 6. The fourth-order valence-electron chi connectivity index (χ4n) is 4.40. The van der Waals surface area contributed by atoms with Crippen LogP contribution in [0.4, 0.5) is 4.39 Å². The summed E-state index contributed by atoms with van der Waals surface area (Å²) in [7, 11) is 0. The van der Waals surface area contributed by atoms with Crippen molar-refractivity contribution in [2.45, 2.75) is 13.5 Å². The number of likely N-dealkylation sites (tertiary alicyclic amines) is 1. The van der Waals surface area contributed by atoms with Crippen molar-refractivity contribution < 1.29 is 13.7 Å². The first-order valence-electron chi connectivity index (χ1n) is 11.8. The van der Waals surface area contributed by atoms with Crippen molar-refractivity contribution in [3.63, 3.8) is 0 Å². The van der Waals surface area contributed by atoms with Gasteiger partial charge in [-0.15, -0.1) is 5.10 Å². The molecule has 37 heavy (non-hydrogen) atoms. The Bertz CT molecular complexity index is 1560. The molecule has 10 heteroatoms. The van der Waals surface area contributed by atoms with Crippen LogP contribution in [0.25, 0.3) is 39.9 Å². The molecule has 0 N–H and O–H groups in total. The van der Waals surface area contributed by atoms with Gasteiger partial charge in [0.15, 0.2) is 5.69 Å². The third-order valence-electron chi connectivity index (χ3n) is 6.48. The molecule has 0 unspecified atom stereocenters. The van der Waals surface area contributed by atoms with Crippen LogP contribution in [-0.2, 0) is 11.3 Å². The maximum Gasteiger partial charge on any atom is 0.281 e. The van der Waals surface area contributed by atoms with Crippen molar-refractivity contribution in [1.29, 1.82) is 0 Å². The second-order valence-corrected chi connectivity index (χ2v) is 9.01. The van der Waals surface area contributed by atoms with Crippen LogP contribution in [0.2, 0.25) is 0 Å². The monoisotopic (exact) mass is 495 g/mol. The zero-order valence-electron chi connectivity index (χ0n) is 20.0. The Kier molecular flexibility index (Phi) is 5.85. The number of hydrogen-bond acceptors (Lipinski definition) is 8. The Hall–Kier alpha value is -4.57. The molecule has 1 saturated heterocycles. The van der Waals surface area contributed by atoms with Crippen molar-refractivity contribution in [3.8, 4) is 39.9 Å². The molecule has 184 valence electrons. The summed E-state index contributed by atoms with van der Waals surface area (Å²) in [6.45, 7) is 4.05. The molecular weight excluding hydrogens is 473 g/mol. The molecule has 3 aromatic heterocycles. The molecule has 5 aromatic rings. The number of hydrogen-bond donors (Lipinski definition) is 0. The van der Waals surface area contributed by atoms with Crippen LogP contribution >= 0.6 is 0 Å². The van der Waals surface area contributed by atoms with Crippen LogP contribution in [-0.4, -0.2) is 53.9 Å². The second-order valence-electron chi connectivity index (χ2n) is 9.01. The minimum absolute atomic E-state index is 0.158. The van der Waals surface area contributed by atoms with Crippen molar-refractivity contribution in [2.24, 2.45) is 5.92 Å². The van der Waals surface area contributed by atoms with E-state index in [1.165, 1.54) is 10.7 Å². The van der Waals surface area contributed by atoms with E-state index in [1.807, 2.05) is 24.3 Å². The fourth-order valence-corrected chi connectivity index (χ4v) is 4.40. The van der Waals surface area contributed by atoms with Gasteiger partial charge in [-0.25, -0.2) is 9.07 Å². The summed E-state index contributed by atoms with van der Waals surface area (Å²) in [5.41, 5.74) is 3.75. The first-order chi connectivity index (χ1) is 18.1. The van der Waals surface area contributed by atoms with E-state index in [0.717, 1.165) is 36.3 Å². The van der Waals surface area contributed by atoms with E-state index < -0.39 is 5.82 Å². The summed E-state index contributed by atoms with van der Waals surface area (Å²) >= 11 is 0. The third-order valence-corrected chi connectivity index (χ3v) is 6.48. The minimum Gasteiger partial charge on any atom is -0.332 e. The zero-order valence-corrected chi connectivity index (χ0v) is 20.0. The predicted octanol–water partition coefficient (Wildman–Crippen LogP) is 4.21. The van der Waals surface area contributed by atoms with Gasteiger partial charge in [-0.05, 0) is 36.8 Å². The summed E-state index contributed by atoms with van der Waals surface area (Å²) in [5.74, 6) is 0.550. The average Bonchev–Trinajstić information content (AvgIpc) is 3.55. The number of para-hydroxylation sites is 1. The third kappa shape index (κ3) is 4.43. The van der Waals surface area contributed by atoms with Crippen molar-refractivity contribution in [2.75, 3.05) is 13.1 Å². The highest BCUT2D eigenvalue weighted by molar-refractivity contribution is 5.79. The first kappa shape index (κ1) is 22.9. The molecule has 0 atom stereocenters. The van der Waals surface area contributed by atoms with Gasteiger partial charge >= 0.3 is 0 Å². The second kappa shape index (κ2) is 9.47. The van der Waals surface area contributed by atoms with Gasteiger partial charge in [-0.3, -0.25) is 14.7 Å². The molecule has 1 aliphatic heterocycles. The summed E-state index contributed by atoms with van der Waals surface area (Å²) in [6, 6.07) is 17.8. The van der Waals surface area contributed by atoms with Gasteiger partial charge in [0.25, 0.3) is 5.89 Å². The summed E-state index contributed by atoms with van der Waals surface area (Å²) in [6.07, 6.45) is 3.28. The molecule has 4 heterocycles. The molecule has 6 rings (SSSR count). The van der Waals surface area contributed by atoms with Crippen molar-refractivity contribution in [1.82, 2.24) is 35.0 Å². The molecule has 0 amide bonds. The Labute approximate surface area is 211 Å². The highest BCUT2D eigenvalue weighted by atomic mass is 19.1. The largest absolute Gasteiger partial charge is 0.332 e. The van der Waals surface area contributed by atoms with Crippen LogP contribution in [0.5, 0.6) is 0 Å². The van der Waals surface area contributed by atoms with Crippen LogP contribution in [0.1, 0.15) is 12.5 Å². The van der Waals surface area contributed by atoms with Crippen molar-refractivity contribution in [3.05, 3.63) is 84.4 Å². The van der Waals surface area contributed by atoms with E-state index in [2.05, 4.69) is 30.3 Å². The van der Waals surface area contributed by atoms with Gasteiger partial charge in [0.1, 0.15) is 23.0 Å². The number of carbonyl (C=O) groups excluding carboxylic acids is 1. The van der Waals surface area contributed by atoms with Gasteiger partial charge in [-0.1, -0.05) is 46.8 Å². The van der Waals surface area contributed by atoms with Gasteiger partial charge in [0.2, 0.25) is 5.82 Å². The standard InChI is InChI=1S/C27H22FN7O2/c1-17(36)21-15-34(16-21)14-18-6-8-20(9-7-18)26-30-27(37-32-26)24-25(19-10-12-29-13-11-19)35(33-31-24)23-5-3-2-4-22(23)28/h2-13,21H,14-16H2,1H3. The molecule has 1 aliphatic rings. The fraction of sp³-hybridized carbons (Fsp3) is 0.185. The number of benzene rings is 2. The molecule has 9 nitrogen and oxygen atoms in total. The lowest BCUT2D eigenvalue weighted by Crippen LogP contribution is -2.48. The number of pyridine rings is 1. The van der Waals surface area contributed by atoms with Gasteiger partial charge < -0.3 is 4.52 Å². The maximum absolute atomic E-state index is 14.6. The Morgan fingerprint density at radius 2 is 1.78 bits per heavy atom. The number of nitrogens with zero attached hydrogens (tertiary/aromatic N) is 7. The van der Waals surface area contributed by atoms with Gasteiger partial charge in [-0.2, -0.15) is 4.98 Å². The van der Waals surface area contributed by atoms with Crippen LogP contribution in [0.15, 0.2) is 77.6 Å². The predicted molar refractivity (Wildman–Crippen MR) is 133 cm³/mol. The Morgan fingerprint density at radius 1 is 1.03 bits per heavy atom. The topological polar surface area (TPSA) is 103 Å². The highest BCUT2D eigenvalue weighted by Crippen LogP contribution is 2.32. The number of ketones is 1. The number of halogens is 1. The molecule has 0 aliphatic carbocycles. The summed E-state index contributed by atoms with van der Waals surface area (Å²) in [5, 5.41) is 12.6. The molecule has 0 saturated carbocycles. The molecule has 2 aromatic carbocycles. The molecule has 0 bridgehead atoms. The quantitative estimate of drug-likeness (QED) is 0.331. The summed E-state index contributed by atoms with van der Waals surface area (Å²) in [4.78, 5) is 22.3. The molecule has 0 radical (unpaired) electrons. The number of Topliss-reactive ketones (excluding diaryl/α,β-unsaturated/α-hetero) is 1. The number of rotatable bonds is 7. The van der Waals surface area contributed by atoms with Gasteiger partial charge in [0.05, 0.1) is 0 Å². The minimum atomic E-state index is -0.435. The Balaban J connectivity index is 1.29. The SMILES string of the molecule is CC(=O)C1CN(Cc2ccc(-c3noc(-c4nnn(-c5ccccc5F)c4-c4ccncc4)n3)cc2)C1. The lowest BCUT2D eigenvalue weighted by atomic mass is 9.95.